The quantitative estimate of drug-likeness (QED) is 0.832. The molecule has 0 N–H and O–H groups in total. The Bertz CT molecular complexity index is 735. The SMILES string of the molecule is CC(F)(F)c1cncc(-c2ccc3c(c2F)CCC3=O)c1. The van der Waals surface area contributed by atoms with Crippen LogP contribution < -0.4 is 0 Å². The smallest absolute Gasteiger partial charge is 0.272 e. The number of nitrogens with zero attached hydrogens (tertiary/aromatic N) is 1. The van der Waals surface area contributed by atoms with Crippen LogP contribution in [0.15, 0.2) is 30.6 Å². The minimum absolute atomic E-state index is 0.0811. The van der Waals surface area contributed by atoms with E-state index in [-0.39, 0.29) is 22.5 Å². The first kappa shape index (κ1) is 13.8. The number of rotatable bonds is 2. The zero-order valence-corrected chi connectivity index (χ0v) is 11.3. The van der Waals surface area contributed by atoms with Gasteiger partial charge in [0.1, 0.15) is 5.82 Å². The number of benzene rings is 1. The molecule has 0 amide bonds. The van der Waals surface area contributed by atoms with Crippen LogP contribution in [0.25, 0.3) is 11.1 Å². The number of aromatic nitrogens is 1. The van der Waals surface area contributed by atoms with Crippen LogP contribution in [0, 0.1) is 5.82 Å². The first-order valence-electron chi connectivity index (χ1n) is 6.56. The molecule has 0 unspecified atom stereocenters. The fourth-order valence-corrected chi connectivity index (χ4v) is 2.55. The number of hydrogen-bond donors (Lipinski definition) is 0. The third-order valence-electron chi connectivity index (χ3n) is 3.70. The maximum absolute atomic E-state index is 14.5. The molecule has 1 heterocycles. The van der Waals surface area contributed by atoms with Crippen molar-refractivity contribution in [1.82, 2.24) is 4.98 Å². The topological polar surface area (TPSA) is 30.0 Å². The molecule has 1 aliphatic rings. The van der Waals surface area contributed by atoms with Crippen LogP contribution in [0.2, 0.25) is 0 Å². The van der Waals surface area contributed by atoms with Gasteiger partial charge in [0.05, 0.1) is 0 Å². The summed E-state index contributed by atoms with van der Waals surface area (Å²) in [6.07, 6.45) is 3.06. The Morgan fingerprint density at radius 3 is 2.57 bits per heavy atom. The normalized spacial score (nSPS) is 14.4. The molecule has 108 valence electrons. The van der Waals surface area contributed by atoms with Crippen molar-refractivity contribution < 1.29 is 18.0 Å². The second kappa shape index (κ2) is 4.69. The zero-order valence-electron chi connectivity index (χ0n) is 11.3. The minimum Gasteiger partial charge on any atom is -0.294 e. The molecule has 2 nitrogen and oxygen atoms in total. The number of fused-ring (bicyclic) bond motifs is 1. The fraction of sp³-hybridized carbons (Fsp3) is 0.250. The molecule has 2 aromatic rings. The van der Waals surface area contributed by atoms with Gasteiger partial charge in [0.2, 0.25) is 0 Å². The number of carbonyl (C=O) groups is 1. The third-order valence-corrected chi connectivity index (χ3v) is 3.70. The molecule has 0 saturated carbocycles. The molecule has 1 aromatic carbocycles. The van der Waals surface area contributed by atoms with Crippen molar-refractivity contribution in [2.24, 2.45) is 0 Å². The van der Waals surface area contributed by atoms with Crippen LogP contribution in [0.3, 0.4) is 0 Å². The molecule has 1 aliphatic carbocycles. The molecular formula is C16H12F3NO. The van der Waals surface area contributed by atoms with E-state index in [2.05, 4.69) is 4.98 Å². The summed E-state index contributed by atoms with van der Waals surface area (Å²) < 4.78 is 41.2. The van der Waals surface area contributed by atoms with Crippen LogP contribution in [0.4, 0.5) is 13.2 Å². The third kappa shape index (κ3) is 2.33. The number of ketones is 1. The monoisotopic (exact) mass is 291 g/mol. The summed E-state index contributed by atoms with van der Waals surface area (Å²) in [7, 11) is 0. The van der Waals surface area contributed by atoms with E-state index in [1.165, 1.54) is 18.3 Å². The van der Waals surface area contributed by atoms with Gasteiger partial charge in [-0.15, -0.1) is 0 Å². The maximum atomic E-state index is 14.5. The largest absolute Gasteiger partial charge is 0.294 e. The Labute approximate surface area is 119 Å². The van der Waals surface area contributed by atoms with Crippen molar-refractivity contribution in [1.29, 1.82) is 0 Å². The van der Waals surface area contributed by atoms with E-state index in [1.807, 2.05) is 0 Å². The molecule has 0 bridgehead atoms. The second-order valence-electron chi connectivity index (χ2n) is 5.23. The van der Waals surface area contributed by atoms with Gasteiger partial charge in [0.15, 0.2) is 5.78 Å². The summed E-state index contributed by atoms with van der Waals surface area (Å²) in [5, 5.41) is 0. The molecule has 0 atom stereocenters. The summed E-state index contributed by atoms with van der Waals surface area (Å²) in [4.78, 5) is 15.3. The van der Waals surface area contributed by atoms with E-state index in [9.17, 15) is 18.0 Å². The van der Waals surface area contributed by atoms with Gasteiger partial charge in [-0.2, -0.15) is 0 Å². The van der Waals surface area contributed by atoms with Gasteiger partial charge in [-0.1, -0.05) is 12.1 Å². The van der Waals surface area contributed by atoms with Crippen molar-refractivity contribution in [2.45, 2.75) is 25.7 Å². The number of Topliss-reactive ketones (excluding diaryl/α,β-unsaturated/α-hetero) is 1. The Morgan fingerprint density at radius 2 is 1.86 bits per heavy atom. The van der Waals surface area contributed by atoms with Crippen LogP contribution in [0.5, 0.6) is 0 Å². The van der Waals surface area contributed by atoms with Gasteiger partial charge in [-0.05, 0) is 18.1 Å². The van der Waals surface area contributed by atoms with Crippen molar-refractivity contribution in [2.75, 3.05) is 0 Å². The first-order valence-corrected chi connectivity index (χ1v) is 6.56. The number of carbonyl (C=O) groups excluding carboxylic acids is 1. The van der Waals surface area contributed by atoms with Crippen molar-refractivity contribution >= 4 is 5.78 Å². The minimum atomic E-state index is -3.04. The maximum Gasteiger partial charge on any atom is 0.272 e. The predicted octanol–water partition coefficient (Wildman–Crippen LogP) is 4.13. The van der Waals surface area contributed by atoms with Crippen molar-refractivity contribution in [3.8, 4) is 11.1 Å². The number of halogens is 3. The van der Waals surface area contributed by atoms with Gasteiger partial charge in [-0.3, -0.25) is 9.78 Å². The van der Waals surface area contributed by atoms with Crippen molar-refractivity contribution in [3.05, 3.63) is 53.1 Å². The average molecular weight is 291 g/mol. The Hall–Kier alpha value is -2.17. The van der Waals surface area contributed by atoms with Gasteiger partial charge in [0, 0.05) is 48.0 Å². The Kier molecular flexibility index (Phi) is 3.08. The van der Waals surface area contributed by atoms with E-state index >= 15 is 0 Å². The van der Waals surface area contributed by atoms with E-state index in [0.29, 0.717) is 24.0 Å². The highest BCUT2D eigenvalue weighted by Gasteiger charge is 2.27. The highest BCUT2D eigenvalue weighted by molar-refractivity contribution is 6.01. The van der Waals surface area contributed by atoms with Crippen molar-refractivity contribution in [3.63, 3.8) is 0 Å². The Morgan fingerprint density at radius 1 is 1.14 bits per heavy atom. The summed E-state index contributed by atoms with van der Waals surface area (Å²) in [5.41, 5.74) is 0.971. The van der Waals surface area contributed by atoms with E-state index < -0.39 is 11.7 Å². The lowest BCUT2D eigenvalue weighted by molar-refractivity contribution is 0.0171. The second-order valence-corrected chi connectivity index (χ2v) is 5.23. The lowest BCUT2D eigenvalue weighted by Crippen LogP contribution is -2.07. The summed E-state index contributed by atoms with van der Waals surface area (Å²) in [5.74, 6) is -3.63. The lowest BCUT2D eigenvalue weighted by atomic mass is 9.99. The summed E-state index contributed by atoms with van der Waals surface area (Å²) in [6, 6.07) is 4.24. The molecule has 0 fully saturated rings. The molecule has 1 aromatic heterocycles. The highest BCUT2D eigenvalue weighted by atomic mass is 19.3. The average Bonchev–Trinajstić information content (AvgIpc) is 2.81. The molecule has 0 spiro atoms. The van der Waals surface area contributed by atoms with Gasteiger partial charge >= 0.3 is 0 Å². The fourth-order valence-electron chi connectivity index (χ4n) is 2.55. The van der Waals surface area contributed by atoms with Crippen LogP contribution >= 0.6 is 0 Å². The molecule has 0 radical (unpaired) electrons. The zero-order chi connectivity index (χ0) is 15.2. The Balaban J connectivity index is 2.12. The van der Waals surface area contributed by atoms with Crippen LogP contribution in [0.1, 0.15) is 34.8 Å². The standard InChI is InChI=1S/C16H12F3NO/c1-16(18,19)10-6-9(7-20-8-10)11-2-3-12-13(15(11)17)4-5-14(12)21/h2-3,6-8H,4-5H2,1H3. The number of hydrogen-bond acceptors (Lipinski definition) is 2. The van der Waals surface area contributed by atoms with Crippen LogP contribution in [-0.4, -0.2) is 10.8 Å². The molecule has 5 heteroatoms. The molecule has 0 aliphatic heterocycles. The molecule has 21 heavy (non-hydrogen) atoms. The van der Waals surface area contributed by atoms with Crippen LogP contribution in [-0.2, 0) is 12.3 Å². The summed E-state index contributed by atoms with van der Waals surface area (Å²) in [6.45, 7) is 0.769. The van der Waals surface area contributed by atoms with E-state index in [0.717, 1.165) is 13.1 Å². The van der Waals surface area contributed by atoms with E-state index in [4.69, 9.17) is 0 Å². The molecule has 0 saturated heterocycles. The highest BCUT2D eigenvalue weighted by Crippen LogP contribution is 2.34. The van der Waals surface area contributed by atoms with Gasteiger partial charge in [0.25, 0.3) is 5.92 Å². The molecule has 3 rings (SSSR count). The van der Waals surface area contributed by atoms with Gasteiger partial charge in [-0.25, -0.2) is 13.2 Å². The number of alkyl halides is 2. The lowest BCUT2D eigenvalue weighted by Gasteiger charge is -2.12. The first-order chi connectivity index (χ1) is 9.88. The summed E-state index contributed by atoms with van der Waals surface area (Å²) >= 11 is 0. The van der Waals surface area contributed by atoms with Gasteiger partial charge < -0.3 is 0 Å². The number of pyridine rings is 1. The van der Waals surface area contributed by atoms with E-state index in [1.54, 1.807) is 6.07 Å². The molecular weight excluding hydrogens is 279 g/mol. The predicted molar refractivity (Wildman–Crippen MR) is 71.9 cm³/mol.